The summed E-state index contributed by atoms with van der Waals surface area (Å²) in [4.78, 5) is 8.41. The highest BCUT2D eigenvalue weighted by atomic mass is 32.2. The molecular weight excluding hydrogens is 312 g/mol. The first kappa shape index (κ1) is 16.1. The molecular formula is C16H12N4S2. The molecule has 0 atom stereocenters. The Kier molecular flexibility index (Phi) is 6.50. The van der Waals surface area contributed by atoms with Crippen molar-refractivity contribution in [2.75, 3.05) is 11.5 Å². The van der Waals surface area contributed by atoms with Crippen LogP contribution in [0.1, 0.15) is 11.1 Å². The van der Waals surface area contributed by atoms with Gasteiger partial charge in [0.25, 0.3) is 0 Å². The van der Waals surface area contributed by atoms with Gasteiger partial charge in [0.15, 0.2) is 0 Å². The zero-order valence-electron chi connectivity index (χ0n) is 11.6. The van der Waals surface area contributed by atoms with Gasteiger partial charge >= 0.3 is 0 Å². The van der Waals surface area contributed by atoms with Crippen LogP contribution in [0.4, 0.5) is 0 Å². The fourth-order valence-electron chi connectivity index (χ4n) is 1.52. The number of thioether (sulfide) groups is 2. The Balaban J connectivity index is 1.74. The average molecular weight is 324 g/mol. The van der Waals surface area contributed by atoms with Crippen molar-refractivity contribution in [1.29, 1.82) is 10.5 Å². The molecule has 0 spiro atoms. The minimum absolute atomic E-state index is 0.625. The number of hydrogen-bond acceptors (Lipinski definition) is 6. The summed E-state index contributed by atoms with van der Waals surface area (Å²) >= 11 is 3.17. The summed E-state index contributed by atoms with van der Waals surface area (Å²) in [6.07, 6.45) is 7.42. The zero-order valence-corrected chi connectivity index (χ0v) is 13.3. The third-order valence-corrected chi connectivity index (χ3v) is 4.31. The molecule has 0 saturated heterocycles. The molecule has 2 rings (SSSR count). The minimum Gasteiger partial charge on any atom is -0.250 e. The molecule has 2 heterocycles. The number of nitrogens with zero attached hydrogens (tertiary/aromatic N) is 4. The van der Waals surface area contributed by atoms with Gasteiger partial charge in [-0.05, 0) is 24.3 Å². The fraction of sp³-hybridized carbons (Fsp3) is 0.125. The first-order valence-corrected chi connectivity index (χ1v) is 8.42. The third-order valence-electron chi connectivity index (χ3n) is 2.55. The van der Waals surface area contributed by atoms with Gasteiger partial charge < -0.3 is 0 Å². The second-order valence-corrected chi connectivity index (χ2v) is 6.16. The summed E-state index contributed by atoms with van der Waals surface area (Å²) in [6.45, 7) is 0. The van der Waals surface area contributed by atoms with E-state index in [-0.39, 0.29) is 0 Å². The predicted octanol–water partition coefficient (Wildman–Crippen LogP) is 3.66. The standard InChI is InChI=1S/C16H12N4S2/c17-11-13-3-5-19-15(9-13)21-7-1-2-8-22-16-10-14(12-18)4-6-20-16/h1-6,9-10H,7-8H2. The number of nitriles is 2. The molecule has 0 N–H and O–H groups in total. The highest BCUT2D eigenvalue weighted by molar-refractivity contribution is 7.99. The molecule has 4 nitrogen and oxygen atoms in total. The van der Waals surface area contributed by atoms with E-state index < -0.39 is 0 Å². The van der Waals surface area contributed by atoms with E-state index in [1.165, 1.54) is 0 Å². The summed E-state index contributed by atoms with van der Waals surface area (Å²) < 4.78 is 0. The molecule has 2 aromatic heterocycles. The Morgan fingerprint density at radius 1 is 0.864 bits per heavy atom. The van der Waals surface area contributed by atoms with E-state index in [1.807, 2.05) is 0 Å². The largest absolute Gasteiger partial charge is 0.250 e. The summed E-state index contributed by atoms with van der Waals surface area (Å²) in [7, 11) is 0. The molecule has 0 radical (unpaired) electrons. The van der Waals surface area contributed by atoms with Gasteiger partial charge in [-0.15, -0.1) is 23.5 Å². The molecule has 0 aliphatic rings. The van der Waals surface area contributed by atoms with Crippen molar-refractivity contribution in [3.63, 3.8) is 0 Å². The molecule has 22 heavy (non-hydrogen) atoms. The van der Waals surface area contributed by atoms with Crippen molar-refractivity contribution in [3.05, 3.63) is 59.9 Å². The Morgan fingerprint density at radius 2 is 1.32 bits per heavy atom. The smallest absolute Gasteiger partial charge is 0.0993 e. The van der Waals surface area contributed by atoms with Crippen molar-refractivity contribution >= 4 is 23.5 Å². The van der Waals surface area contributed by atoms with E-state index in [0.717, 1.165) is 21.6 Å². The van der Waals surface area contributed by atoms with Crippen LogP contribution < -0.4 is 0 Å². The fourth-order valence-corrected chi connectivity index (χ4v) is 3.02. The van der Waals surface area contributed by atoms with E-state index in [1.54, 1.807) is 60.2 Å². The SMILES string of the molecule is N#Cc1ccnc(SCC=CCSc2cc(C#N)ccn2)c1. The molecule has 0 unspecified atom stereocenters. The minimum atomic E-state index is 0.625. The number of pyridine rings is 2. The first-order chi connectivity index (χ1) is 10.8. The zero-order chi connectivity index (χ0) is 15.6. The van der Waals surface area contributed by atoms with Crippen molar-refractivity contribution in [3.8, 4) is 12.1 Å². The van der Waals surface area contributed by atoms with E-state index in [0.29, 0.717) is 11.1 Å². The molecule has 6 heteroatoms. The molecule has 2 aromatic rings. The third kappa shape index (κ3) is 5.25. The van der Waals surface area contributed by atoms with Gasteiger partial charge in [0.05, 0.1) is 33.3 Å². The van der Waals surface area contributed by atoms with Gasteiger partial charge in [-0.3, -0.25) is 0 Å². The number of rotatable bonds is 6. The highest BCUT2D eigenvalue weighted by Crippen LogP contribution is 2.18. The molecule has 0 bridgehead atoms. The Hall–Kier alpha value is -2.28. The van der Waals surface area contributed by atoms with Gasteiger partial charge in [0.2, 0.25) is 0 Å². The van der Waals surface area contributed by atoms with Crippen LogP contribution in [-0.4, -0.2) is 21.5 Å². The van der Waals surface area contributed by atoms with Crippen molar-refractivity contribution in [2.45, 2.75) is 10.1 Å². The molecule has 0 amide bonds. The lowest BCUT2D eigenvalue weighted by atomic mass is 10.3. The molecule has 0 saturated carbocycles. The molecule has 0 aromatic carbocycles. The summed E-state index contributed by atoms with van der Waals surface area (Å²) in [6, 6.07) is 11.2. The Labute approximate surface area is 137 Å². The van der Waals surface area contributed by atoms with Crippen LogP contribution in [0.5, 0.6) is 0 Å². The van der Waals surface area contributed by atoms with Crippen molar-refractivity contribution < 1.29 is 0 Å². The van der Waals surface area contributed by atoms with Crippen LogP contribution in [-0.2, 0) is 0 Å². The lowest BCUT2D eigenvalue weighted by molar-refractivity contribution is 1.13. The molecule has 0 aliphatic carbocycles. The molecule has 108 valence electrons. The Morgan fingerprint density at radius 3 is 1.73 bits per heavy atom. The van der Waals surface area contributed by atoms with E-state index >= 15 is 0 Å². The lowest BCUT2D eigenvalue weighted by Crippen LogP contribution is -1.84. The first-order valence-electron chi connectivity index (χ1n) is 6.44. The summed E-state index contributed by atoms with van der Waals surface area (Å²) in [5, 5.41) is 19.3. The van der Waals surface area contributed by atoms with Gasteiger partial charge in [-0.1, -0.05) is 12.2 Å². The number of hydrogen-bond donors (Lipinski definition) is 0. The second kappa shape index (κ2) is 8.89. The summed E-state index contributed by atoms with van der Waals surface area (Å²) in [5.74, 6) is 1.60. The average Bonchev–Trinajstić information content (AvgIpc) is 2.58. The highest BCUT2D eigenvalue weighted by Gasteiger charge is 1.97. The monoisotopic (exact) mass is 324 g/mol. The lowest BCUT2D eigenvalue weighted by Gasteiger charge is -1.98. The van der Waals surface area contributed by atoms with Gasteiger partial charge in [-0.25, -0.2) is 9.97 Å². The van der Waals surface area contributed by atoms with Gasteiger partial charge in [0.1, 0.15) is 0 Å². The molecule has 0 aliphatic heterocycles. The predicted molar refractivity (Wildman–Crippen MR) is 88.5 cm³/mol. The van der Waals surface area contributed by atoms with Crippen LogP contribution in [0.2, 0.25) is 0 Å². The maximum Gasteiger partial charge on any atom is 0.0993 e. The van der Waals surface area contributed by atoms with E-state index in [2.05, 4.69) is 34.3 Å². The number of aromatic nitrogens is 2. The van der Waals surface area contributed by atoms with Crippen molar-refractivity contribution in [2.24, 2.45) is 0 Å². The maximum absolute atomic E-state index is 8.82. The van der Waals surface area contributed by atoms with Crippen molar-refractivity contribution in [1.82, 2.24) is 9.97 Å². The van der Waals surface area contributed by atoms with Gasteiger partial charge in [0, 0.05) is 23.9 Å². The molecule has 0 fully saturated rings. The van der Waals surface area contributed by atoms with Crippen LogP contribution in [0.3, 0.4) is 0 Å². The topological polar surface area (TPSA) is 73.4 Å². The van der Waals surface area contributed by atoms with Crippen LogP contribution in [0.15, 0.2) is 58.9 Å². The van der Waals surface area contributed by atoms with Crippen LogP contribution >= 0.6 is 23.5 Å². The van der Waals surface area contributed by atoms with E-state index in [9.17, 15) is 0 Å². The van der Waals surface area contributed by atoms with Crippen LogP contribution in [0.25, 0.3) is 0 Å². The normalized spacial score (nSPS) is 10.3. The summed E-state index contributed by atoms with van der Waals surface area (Å²) in [5.41, 5.74) is 1.25. The van der Waals surface area contributed by atoms with E-state index in [4.69, 9.17) is 10.5 Å². The van der Waals surface area contributed by atoms with Crippen LogP contribution in [0, 0.1) is 22.7 Å². The quantitative estimate of drug-likeness (QED) is 0.596. The second-order valence-electron chi connectivity index (χ2n) is 4.08. The Bertz CT molecular complexity index is 681. The van der Waals surface area contributed by atoms with Gasteiger partial charge in [-0.2, -0.15) is 10.5 Å². The maximum atomic E-state index is 8.82.